The van der Waals surface area contributed by atoms with Gasteiger partial charge in [0.1, 0.15) is 0 Å². The Hall–Kier alpha value is -1.39. The lowest BCUT2D eigenvalue weighted by atomic mass is 10.0. The molecular formula is C16H23NO3. The summed E-state index contributed by atoms with van der Waals surface area (Å²) in [6, 6.07) is 10.4. The molecule has 4 nitrogen and oxygen atoms in total. The first-order valence-electron chi connectivity index (χ1n) is 7.22. The van der Waals surface area contributed by atoms with Crippen molar-refractivity contribution in [2.75, 3.05) is 20.3 Å². The largest absolute Gasteiger partial charge is 0.336 e. The Labute approximate surface area is 120 Å². The molecule has 1 fully saturated rings. The molecule has 1 aromatic rings. The molecule has 1 heterocycles. The molecule has 2 atom stereocenters. The van der Waals surface area contributed by atoms with Crippen LogP contribution in [-0.4, -0.2) is 31.1 Å². The molecule has 1 aliphatic rings. The third kappa shape index (κ3) is 3.81. The minimum Gasteiger partial charge on any atom is -0.336 e. The van der Waals surface area contributed by atoms with Crippen LogP contribution in [0.4, 0.5) is 0 Å². The standard InChI is InChI=1S/C16H23NO3/c1-13(15-8-4-3-5-9-15)17-12-14(11-16(17)18)7-6-10-20-19-2/h3-5,8-9,13-14H,6-7,10-12H2,1-2H3/t13-,14-/m1/s1. The SMILES string of the molecule is COOCCC[C@@H]1CC(=O)N([C@H](C)c2ccccc2)C1. The average molecular weight is 277 g/mol. The highest BCUT2D eigenvalue weighted by atomic mass is 17.2. The Balaban J connectivity index is 1.86. The van der Waals surface area contributed by atoms with Gasteiger partial charge in [-0.2, -0.15) is 0 Å². The summed E-state index contributed by atoms with van der Waals surface area (Å²) in [5.41, 5.74) is 1.20. The maximum atomic E-state index is 12.2. The summed E-state index contributed by atoms with van der Waals surface area (Å²) in [6.45, 7) is 3.54. The molecule has 0 saturated carbocycles. The molecule has 0 radical (unpaired) electrons. The molecular weight excluding hydrogens is 254 g/mol. The van der Waals surface area contributed by atoms with Crippen molar-refractivity contribution in [1.82, 2.24) is 4.90 Å². The van der Waals surface area contributed by atoms with E-state index in [1.165, 1.54) is 12.7 Å². The Morgan fingerprint density at radius 1 is 1.35 bits per heavy atom. The van der Waals surface area contributed by atoms with Crippen LogP contribution < -0.4 is 0 Å². The normalized spacial score (nSPS) is 20.4. The van der Waals surface area contributed by atoms with Crippen LogP contribution in [0, 0.1) is 5.92 Å². The maximum absolute atomic E-state index is 12.2. The monoisotopic (exact) mass is 277 g/mol. The van der Waals surface area contributed by atoms with Gasteiger partial charge in [-0.15, -0.1) is 0 Å². The van der Waals surface area contributed by atoms with Crippen molar-refractivity contribution in [3.63, 3.8) is 0 Å². The van der Waals surface area contributed by atoms with Crippen molar-refractivity contribution in [1.29, 1.82) is 0 Å². The highest BCUT2D eigenvalue weighted by Crippen LogP contribution is 2.30. The number of carbonyl (C=O) groups excluding carboxylic acids is 1. The van der Waals surface area contributed by atoms with E-state index < -0.39 is 0 Å². The summed E-state index contributed by atoms with van der Waals surface area (Å²) < 4.78 is 0. The third-order valence-corrected chi connectivity index (χ3v) is 3.95. The van der Waals surface area contributed by atoms with Crippen molar-refractivity contribution < 1.29 is 14.6 Å². The Morgan fingerprint density at radius 2 is 2.10 bits per heavy atom. The maximum Gasteiger partial charge on any atom is 0.223 e. The lowest BCUT2D eigenvalue weighted by Gasteiger charge is -2.25. The van der Waals surface area contributed by atoms with Crippen molar-refractivity contribution in [2.45, 2.75) is 32.2 Å². The van der Waals surface area contributed by atoms with Crippen LogP contribution in [0.3, 0.4) is 0 Å². The van der Waals surface area contributed by atoms with Gasteiger partial charge in [-0.25, -0.2) is 9.78 Å². The molecule has 2 rings (SSSR count). The Bertz CT molecular complexity index is 421. The van der Waals surface area contributed by atoms with Gasteiger partial charge < -0.3 is 4.90 Å². The van der Waals surface area contributed by atoms with E-state index in [-0.39, 0.29) is 11.9 Å². The van der Waals surface area contributed by atoms with Gasteiger partial charge in [0.25, 0.3) is 0 Å². The first-order valence-corrected chi connectivity index (χ1v) is 7.22. The third-order valence-electron chi connectivity index (χ3n) is 3.95. The number of benzene rings is 1. The van der Waals surface area contributed by atoms with Gasteiger partial charge in [0.2, 0.25) is 5.91 Å². The molecule has 1 aromatic carbocycles. The minimum atomic E-state index is 0.156. The number of rotatable bonds is 7. The lowest BCUT2D eigenvalue weighted by molar-refractivity contribution is -0.273. The van der Waals surface area contributed by atoms with E-state index in [0.29, 0.717) is 18.9 Å². The molecule has 4 heteroatoms. The van der Waals surface area contributed by atoms with Crippen LogP contribution in [0.25, 0.3) is 0 Å². The van der Waals surface area contributed by atoms with Gasteiger partial charge in [0, 0.05) is 13.0 Å². The summed E-state index contributed by atoms with van der Waals surface area (Å²) in [4.78, 5) is 23.6. The second-order valence-electron chi connectivity index (χ2n) is 5.33. The molecule has 1 amide bonds. The van der Waals surface area contributed by atoms with Crippen LogP contribution >= 0.6 is 0 Å². The van der Waals surface area contributed by atoms with Gasteiger partial charge in [-0.05, 0) is 31.2 Å². The summed E-state index contributed by atoms with van der Waals surface area (Å²) in [6.07, 6.45) is 2.59. The van der Waals surface area contributed by atoms with Crippen molar-refractivity contribution in [3.8, 4) is 0 Å². The zero-order valence-electron chi connectivity index (χ0n) is 12.2. The number of nitrogens with zero attached hydrogens (tertiary/aromatic N) is 1. The molecule has 0 spiro atoms. The second kappa shape index (κ2) is 7.41. The molecule has 110 valence electrons. The molecule has 0 aliphatic carbocycles. The van der Waals surface area contributed by atoms with Crippen molar-refractivity contribution in [2.24, 2.45) is 5.92 Å². The molecule has 0 bridgehead atoms. The van der Waals surface area contributed by atoms with E-state index in [2.05, 4.69) is 23.9 Å². The highest BCUT2D eigenvalue weighted by Gasteiger charge is 2.32. The van der Waals surface area contributed by atoms with Crippen LogP contribution in [0.15, 0.2) is 30.3 Å². The molecule has 0 aromatic heterocycles. The zero-order valence-corrected chi connectivity index (χ0v) is 12.2. The zero-order chi connectivity index (χ0) is 14.4. The van der Waals surface area contributed by atoms with Gasteiger partial charge in [-0.3, -0.25) is 4.79 Å². The summed E-state index contributed by atoms with van der Waals surface area (Å²) in [5.74, 6) is 0.702. The summed E-state index contributed by atoms with van der Waals surface area (Å²) in [5, 5.41) is 0. The number of hydrogen-bond donors (Lipinski definition) is 0. The van der Waals surface area contributed by atoms with Gasteiger partial charge in [0.15, 0.2) is 0 Å². The quantitative estimate of drug-likeness (QED) is 0.437. The Morgan fingerprint density at radius 3 is 2.80 bits per heavy atom. The van der Waals surface area contributed by atoms with Crippen LogP contribution in [0.5, 0.6) is 0 Å². The molecule has 1 aliphatic heterocycles. The first kappa shape index (κ1) is 15.0. The van der Waals surface area contributed by atoms with E-state index in [9.17, 15) is 4.79 Å². The lowest BCUT2D eigenvalue weighted by Crippen LogP contribution is -2.28. The number of likely N-dealkylation sites (tertiary alicyclic amines) is 1. The fourth-order valence-corrected chi connectivity index (χ4v) is 2.80. The Kier molecular flexibility index (Phi) is 5.56. The second-order valence-corrected chi connectivity index (χ2v) is 5.33. The van der Waals surface area contributed by atoms with E-state index in [1.807, 2.05) is 23.1 Å². The fourth-order valence-electron chi connectivity index (χ4n) is 2.80. The number of hydrogen-bond acceptors (Lipinski definition) is 3. The number of carbonyl (C=O) groups is 1. The topological polar surface area (TPSA) is 38.8 Å². The predicted molar refractivity (Wildman–Crippen MR) is 76.9 cm³/mol. The first-order chi connectivity index (χ1) is 9.72. The van der Waals surface area contributed by atoms with Gasteiger partial charge >= 0.3 is 0 Å². The van der Waals surface area contributed by atoms with E-state index in [1.54, 1.807) is 0 Å². The molecule has 1 saturated heterocycles. The molecule has 20 heavy (non-hydrogen) atoms. The van der Waals surface area contributed by atoms with Crippen LogP contribution in [0.2, 0.25) is 0 Å². The van der Waals surface area contributed by atoms with Crippen LogP contribution in [0.1, 0.15) is 37.8 Å². The van der Waals surface area contributed by atoms with Crippen LogP contribution in [-0.2, 0) is 14.6 Å². The van der Waals surface area contributed by atoms with E-state index in [4.69, 9.17) is 4.89 Å². The minimum absolute atomic E-state index is 0.156. The van der Waals surface area contributed by atoms with Gasteiger partial charge in [-0.1, -0.05) is 30.3 Å². The predicted octanol–water partition coefficient (Wildman–Crippen LogP) is 2.95. The number of amides is 1. The molecule has 0 N–H and O–H groups in total. The van der Waals surface area contributed by atoms with E-state index in [0.717, 1.165) is 19.4 Å². The van der Waals surface area contributed by atoms with Crippen molar-refractivity contribution >= 4 is 5.91 Å². The molecule has 0 unspecified atom stereocenters. The summed E-state index contributed by atoms with van der Waals surface area (Å²) >= 11 is 0. The van der Waals surface area contributed by atoms with Crippen molar-refractivity contribution in [3.05, 3.63) is 35.9 Å². The fraction of sp³-hybridized carbons (Fsp3) is 0.562. The van der Waals surface area contributed by atoms with E-state index >= 15 is 0 Å². The summed E-state index contributed by atoms with van der Waals surface area (Å²) in [7, 11) is 1.52. The average Bonchev–Trinajstić information content (AvgIpc) is 2.85. The smallest absolute Gasteiger partial charge is 0.223 e. The van der Waals surface area contributed by atoms with Gasteiger partial charge in [0.05, 0.1) is 19.8 Å². The highest BCUT2D eigenvalue weighted by molar-refractivity contribution is 5.79.